The van der Waals surface area contributed by atoms with Crippen LogP contribution >= 0.6 is 0 Å². The van der Waals surface area contributed by atoms with Crippen molar-refractivity contribution in [3.05, 3.63) is 65.8 Å². The molecule has 1 aromatic carbocycles. The van der Waals surface area contributed by atoms with E-state index in [1.165, 1.54) is 12.5 Å². The zero-order valence-electron chi connectivity index (χ0n) is 13.6. The van der Waals surface area contributed by atoms with E-state index < -0.39 is 5.97 Å². The number of rotatable bonds is 7. The molecule has 1 heterocycles. The number of carbonyl (C=O) groups excluding carboxylic acids is 2. The number of carbonyl (C=O) groups is 2. The van der Waals surface area contributed by atoms with E-state index in [4.69, 9.17) is 14.4 Å². The highest BCUT2D eigenvalue weighted by Crippen LogP contribution is 2.16. The highest BCUT2D eigenvalue weighted by Gasteiger charge is 2.13. The van der Waals surface area contributed by atoms with Gasteiger partial charge in [0, 0.05) is 6.20 Å². The maximum Gasteiger partial charge on any atom is 0.350 e. The van der Waals surface area contributed by atoms with Crippen LogP contribution in [0.1, 0.15) is 23.0 Å². The summed E-state index contributed by atoms with van der Waals surface area (Å²) in [5.41, 5.74) is 0.635. The predicted molar refractivity (Wildman–Crippen MR) is 90.3 cm³/mol. The minimum Gasteiger partial charge on any atom is -0.467 e. The van der Waals surface area contributed by atoms with E-state index in [1.54, 1.807) is 49.4 Å². The fourth-order valence-corrected chi connectivity index (χ4v) is 1.98. The number of amides is 1. The first-order valence-electron chi connectivity index (χ1n) is 7.59. The normalized spacial score (nSPS) is 10.6. The van der Waals surface area contributed by atoms with Crippen LogP contribution in [0.15, 0.2) is 58.9 Å². The van der Waals surface area contributed by atoms with E-state index in [0.29, 0.717) is 17.0 Å². The lowest BCUT2D eigenvalue weighted by molar-refractivity contribution is -0.138. The van der Waals surface area contributed by atoms with Gasteiger partial charge in [-0.2, -0.15) is 5.26 Å². The van der Waals surface area contributed by atoms with Crippen molar-refractivity contribution < 1.29 is 18.7 Å². The molecule has 0 bridgehead atoms. The van der Waals surface area contributed by atoms with E-state index in [2.05, 4.69) is 10.6 Å². The van der Waals surface area contributed by atoms with Crippen LogP contribution in [0.25, 0.3) is 0 Å². The summed E-state index contributed by atoms with van der Waals surface area (Å²) in [6, 6.07) is 12.0. The molecule has 1 amide bonds. The second-order valence-corrected chi connectivity index (χ2v) is 4.84. The lowest BCUT2D eigenvalue weighted by atomic mass is 10.1. The van der Waals surface area contributed by atoms with Crippen molar-refractivity contribution in [3.63, 3.8) is 0 Å². The third-order valence-electron chi connectivity index (χ3n) is 3.16. The summed E-state index contributed by atoms with van der Waals surface area (Å²) in [7, 11) is 0. The smallest absolute Gasteiger partial charge is 0.350 e. The van der Waals surface area contributed by atoms with Gasteiger partial charge in [-0.25, -0.2) is 4.79 Å². The fraction of sp³-hybridized carbons (Fsp3) is 0.167. The van der Waals surface area contributed by atoms with Gasteiger partial charge < -0.3 is 19.8 Å². The van der Waals surface area contributed by atoms with Crippen LogP contribution in [0, 0.1) is 11.3 Å². The van der Waals surface area contributed by atoms with Crippen molar-refractivity contribution in [2.24, 2.45) is 0 Å². The second-order valence-electron chi connectivity index (χ2n) is 4.84. The molecule has 0 atom stereocenters. The highest BCUT2D eigenvalue weighted by atomic mass is 16.5. The maximum atomic E-state index is 12.3. The molecule has 0 radical (unpaired) electrons. The van der Waals surface area contributed by atoms with Crippen molar-refractivity contribution in [2.75, 3.05) is 11.9 Å². The fourth-order valence-electron chi connectivity index (χ4n) is 1.98. The summed E-state index contributed by atoms with van der Waals surface area (Å²) in [5, 5.41) is 14.6. The number of anilines is 1. The average molecular weight is 339 g/mol. The molecule has 2 rings (SSSR count). The Morgan fingerprint density at radius 2 is 2.08 bits per heavy atom. The van der Waals surface area contributed by atoms with Gasteiger partial charge in [-0.3, -0.25) is 4.79 Å². The molecule has 0 spiro atoms. The Balaban J connectivity index is 2.10. The molecule has 2 aromatic rings. The van der Waals surface area contributed by atoms with Crippen molar-refractivity contribution >= 4 is 17.6 Å². The van der Waals surface area contributed by atoms with E-state index in [1.807, 2.05) is 0 Å². The number of hydrogen-bond acceptors (Lipinski definition) is 6. The first kappa shape index (κ1) is 17.8. The molecule has 128 valence electrons. The van der Waals surface area contributed by atoms with E-state index in [0.717, 1.165) is 0 Å². The number of benzene rings is 1. The largest absolute Gasteiger partial charge is 0.467 e. The Morgan fingerprint density at radius 3 is 2.76 bits per heavy atom. The molecule has 2 N–H and O–H groups in total. The van der Waals surface area contributed by atoms with Crippen LogP contribution in [0.2, 0.25) is 0 Å². The van der Waals surface area contributed by atoms with Gasteiger partial charge in [-0.15, -0.1) is 0 Å². The first-order valence-corrected chi connectivity index (χ1v) is 7.59. The van der Waals surface area contributed by atoms with Gasteiger partial charge in [-0.1, -0.05) is 12.1 Å². The van der Waals surface area contributed by atoms with Gasteiger partial charge in [0.25, 0.3) is 5.91 Å². The number of hydrogen-bond donors (Lipinski definition) is 2. The summed E-state index contributed by atoms with van der Waals surface area (Å²) < 4.78 is 9.95. The van der Waals surface area contributed by atoms with Crippen molar-refractivity contribution in [3.8, 4) is 6.07 Å². The van der Waals surface area contributed by atoms with Crippen molar-refractivity contribution in [1.29, 1.82) is 5.26 Å². The van der Waals surface area contributed by atoms with Crippen LogP contribution in [0.4, 0.5) is 5.69 Å². The number of para-hydroxylation sites is 1. The molecule has 0 aliphatic rings. The number of furan rings is 1. The molecule has 7 heteroatoms. The van der Waals surface area contributed by atoms with Gasteiger partial charge in [0.1, 0.15) is 11.8 Å². The number of nitrogens with one attached hydrogen (secondary N) is 2. The zero-order chi connectivity index (χ0) is 18.1. The van der Waals surface area contributed by atoms with E-state index in [-0.39, 0.29) is 24.6 Å². The van der Waals surface area contributed by atoms with Gasteiger partial charge in [0.2, 0.25) is 0 Å². The molecule has 0 unspecified atom stereocenters. The molecule has 0 aliphatic carbocycles. The van der Waals surface area contributed by atoms with Crippen LogP contribution in [0.5, 0.6) is 0 Å². The lowest BCUT2D eigenvalue weighted by Crippen LogP contribution is -2.23. The number of esters is 1. The molecule has 1 aromatic heterocycles. The van der Waals surface area contributed by atoms with Crippen LogP contribution in [-0.2, 0) is 16.1 Å². The number of nitriles is 1. The standard InChI is InChI=1S/C18H17N3O4/c1-2-24-18(23)13(10-19)11-20-16-8-4-3-7-15(16)17(22)21-12-14-6-5-9-25-14/h3-9,11,20H,2,12H2,1H3,(H,21,22)/b13-11+. The van der Waals surface area contributed by atoms with Crippen molar-refractivity contribution in [2.45, 2.75) is 13.5 Å². The average Bonchev–Trinajstić information content (AvgIpc) is 3.14. The molecular formula is C18H17N3O4. The third-order valence-corrected chi connectivity index (χ3v) is 3.16. The molecule has 7 nitrogen and oxygen atoms in total. The quantitative estimate of drug-likeness (QED) is 0.456. The molecule has 25 heavy (non-hydrogen) atoms. The molecular weight excluding hydrogens is 322 g/mol. The van der Waals surface area contributed by atoms with Crippen LogP contribution in [0.3, 0.4) is 0 Å². The monoisotopic (exact) mass is 339 g/mol. The van der Waals surface area contributed by atoms with Crippen LogP contribution in [-0.4, -0.2) is 18.5 Å². The highest BCUT2D eigenvalue weighted by molar-refractivity contribution is 6.00. The van der Waals surface area contributed by atoms with E-state index in [9.17, 15) is 9.59 Å². The first-order chi connectivity index (χ1) is 12.2. The Kier molecular flexibility index (Phi) is 6.37. The summed E-state index contributed by atoms with van der Waals surface area (Å²) in [4.78, 5) is 23.9. The summed E-state index contributed by atoms with van der Waals surface area (Å²) >= 11 is 0. The van der Waals surface area contributed by atoms with Crippen LogP contribution < -0.4 is 10.6 Å². The Morgan fingerprint density at radius 1 is 1.28 bits per heavy atom. The van der Waals surface area contributed by atoms with Gasteiger partial charge in [0.05, 0.1) is 30.7 Å². The predicted octanol–water partition coefficient (Wildman–Crippen LogP) is 2.59. The lowest BCUT2D eigenvalue weighted by Gasteiger charge is -2.09. The van der Waals surface area contributed by atoms with Gasteiger partial charge in [-0.05, 0) is 31.2 Å². The zero-order valence-corrected chi connectivity index (χ0v) is 13.6. The van der Waals surface area contributed by atoms with E-state index >= 15 is 0 Å². The summed E-state index contributed by atoms with van der Waals surface area (Å²) in [6.07, 6.45) is 2.75. The minimum absolute atomic E-state index is 0.170. The molecule has 0 saturated heterocycles. The minimum atomic E-state index is -0.725. The Bertz CT molecular complexity index is 804. The molecule has 0 fully saturated rings. The number of ether oxygens (including phenoxy) is 1. The molecule has 0 saturated carbocycles. The number of nitrogens with zero attached hydrogens (tertiary/aromatic N) is 1. The topological polar surface area (TPSA) is 104 Å². The maximum absolute atomic E-state index is 12.3. The van der Waals surface area contributed by atoms with Crippen molar-refractivity contribution in [1.82, 2.24) is 5.32 Å². The SMILES string of the molecule is CCOC(=O)/C(C#N)=C/Nc1ccccc1C(=O)NCc1ccco1. The summed E-state index contributed by atoms with van der Waals surface area (Å²) in [5.74, 6) is -0.410. The third kappa shape index (κ3) is 4.97. The van der Waals surface area contributed by atoms with Gasteiger partial charge in [0.15, 0.2) is 5.57 Å². The molecule has 0 aliphatic heterocycles. The second kappa shape index (κ2) is 8.93. The Hall–Kier alpha value is -3.53. The Labute approximate surface area is 144 Å². The summed E-state index contributed by atoms with van der Waals surface area (Å²) in [6.45, 7) is 2.07. The van der Waals surface area contributed by atoms with Gasteiger partial charge >= 0.3 is 5.97 Å².